The van der Waals surface area contributed by atoms with Gasteiger partial charge in [0.15, 0.2) is 0 Å². The Kier molecular flexibility index (Phi) is 5.26. The summed E-state index contributed by atoms with van der Waals surface area (Å²) in [6.45, 7) is 5.79. The summed E-state index contributed by atoms with van der Waals surface area (Å²) in [5.41, 5.74) is 1.37. The molecule has 1 aliphatic rings. The average molecular weight is 261 g/mol. The van der Waals surface area contributed by atoms with Gasteiger partial charge in [0.05, 0.1) is 7.11 Å². The van der Waals surface area contributed by atoms with Crippen LogP contribution in [0.4, 0.5) is 0 Å². The topological polar surface area (TPSA) is 21.3 Å². The van der Waals surface area contributed by atoms with Gasteiger partial charge in [0.25, 0.3) is 0 Å². The molecular formula is C17H27NO. The highest BCUT2D eigenvalue weighted by atomic mass is 16.5. The van der Waals surface area contributed by atoms with Crippen molar-refractivity contribution >= 4 is 0 Å². The van der Waals surface area contributed by atoms with Gasteiger partial charge in [-0.1, -0.05) is 32.4 Å². The number of methoxy groups -OCH3 is 1. The van der Waals surface area contributed by atoms with Crippen LogP contribution in [0.1, 0.15) is 51.1 Å². The second-order valence-electron chi connectivity index (χ2n) is 5.93. The van der Waals surface area contributed by atoms with Crippen molar-refractivity contribution in [2.45, 2.75) is 45.6 Å². The van der Waals surface area contributed by atoms with E-state index in [9.17, 15) is 0 Å². The molecule has 0 bridgehead atoms. The van der Waals surface area contributed by atoms with Crippen molar-refractivity contribution in [3.05, 3.63) is 29.8 Å². The number of ether oxygens (including phenoxy) is 1. The van der Waals surface area contributed by atoms with E-state index < -0.39 is 0 Å². The Morgan fingerprint density at radius 2 is 2.00 bits per heavy atom. The Balaban J connectivity index is 1.88. The molecule has 106 valence electrons. The van der Waals surface area contributed by atoms with Crippen LogP contribution in [0.25, 0.3) is 0 Å². The second kappa shape index (κ2) is 6.95. The molecule has 1 aromatic carbocycles. The average Bonchev–Trinajstić information content (AvgIpc) is 2.86. The normalized spacial score (nSPS) is 24.4. The van der Waals surface area contributed by atoms with E-state index >= 15 is 0 Å². The van der Waals surface area contributed by atoms with Gasteiger partial charge in [-0.2, -0.15) is 0 Å². The third-order valence-electron chi connectivity index (χ3n) is 4.38. The number of hydrogen-bond acceptors (Lipinski definition) is 2. The molecule has 1 fully saturated rings. The fourth-order valence-corrected chi connectivity index (χ4v) is 3.15. The summed E-state index contributed by atoms with van der Waals surface area (Å²) < 4.78 is 5.22. The number of nitrogens with one attached hydrogen (secondary N) is 1. The van der Waals surface area contributed by atoms with E-state index in [-0.39, 0.29) is 0 Å². The smallest absolute Gasteiger partial charge is 0.118 e. The first-order valence-electron chi connectivity index (χ1n) is 7.60. The first kappa shape index (κ1) is 14.4. The van der Waals surface area contributed by atoms with Gasteiger partial charge in [-0.05, 0) is 55.3 Å². The van der Waals surface area contributed by atoms with E-state index in [1.165, 1.54) is 24.8 Å². The molecule has 2 nitrogen and oxygen atoms in total. The molecule has 0 radical (unpaired) electrons. The van der Waals surface area contributed by atoms with Crippen molar-refractivity contribution in [1.29, 1.82) is 0 Å². The first-order chi connectivity index (χ1) is 9.22. The van der Waals surface area contributed by atoms with Crippen LogP contribution in [0.3, 0.4) is 0 Å². The van der Waals surface area contributed by atoms with Crippen LogP contribution in [-0.4, -0.2) is 13.7 Å². The van der Waals surface area contributed by atoms with Crippen molar-refractivity contribution in [1.82, 2.24) is 5.32 Å². The summed E-state index contributed by atoms with van der Waals surface area (Å²) in [5.74, 6) is 2.73. The number of rotatable bonds is 6. The quantitative estimate of drug-likeness (QED) is 0.829. The van der Waals surface area contributed by atoms with Crippen LogP contribution < -0.4 is 10.1 Å². The van der Waals surface area contributed by atoms with E-state index in [1.807, 2.05) is 0 Å². The van der Waals surface area contributed by atoms with E-state index in [1.54, 1.807) is 7.11 Å². The van der Waals surface area contributed by atoms with Crippen LogP contribution in [0.15, 0.2) is 24.3 Å². The molecule has 3 unspecified atom stereocenters. The maximum absolute atomic E-state index is 5.22. The lowest BCUT2D eigenvalue weighted by Gasteiger charge is -2.20. The van der Waals surface area contributed by atoms with Gasteiger partial charge in [0, 0.05) is 6.04 Å². The van der Waals surface area contributed by atoms with Gasteiger partial charge in [-0.3, -0.25) is 0 Å². The van der Waals surface area contributed by atoms with Gasteiger partial charge in [-0.25, -0.2) is 0 Å². The summed E-state index contributed by atoms with van der Waals surface area (Å²) >= 11 is 0. The van der Waals surface area contributed by atoms with E-state index in [0.717, 1.165) is 30.6 Å². The Bertz CT molecular complexity index is 373. The Morgan fingerprint density at radius 1 is 1.26 bits per heavy atom. The standard InChI is InChI=1S/C17H27NO/c1-4-17(15-7-9-16(19-3)10-8-15)18-12-14-6-5-13(2)11-14/h7-10,13-14,17-18H,4-6,11-12H2,1-3H3. The summed E-state index contributed by atoms with van der Waals surface area (Å²) in [5, 5.41) is 3.74. The maximum Gasteiger partial charge on any atom is 0.118 e. The Labute approximate surface area is 117 Å². The molecule has 0 saturated heterocycles. The Hall–Kier alpha value is -1.02. The molecule has 0 aliphatic heterocycles. The third-order valence-corrected chi connectivity index (χ3v) is 4.38. The molecule has 2 rings (SSSR count). The fourth-order valence-electron chi connectivity index (χ4n) is 3.15. The first-order valence-corrected chi connectivity index (χ1v) is 7.60. The molecule has 0 amide bonds. The zero-order chi connectivity index (χ0) is 13.7. The molecule has 0 aromatic heterocycles. The molecule has 1 N–H and O–H groups in total. The molecule has 1 aliphatic carbocycles. The highest BCUT2D eigenvalue weighted by molar-refractivity contribution is 5.29. The highest BCUT2D eigenvalue weighted by Crippen LogP contribution is 2.30. The van der Waals surface area contributed by atoms with Crippen LogP contribution in [0.2, 0.25) is 0 Å². The molecule has 2 heteroatoms. The predicted octanol–water partition coefficient (Wildman–Crippen LogP) is 4.17. The lowest BCUT2D eigenvalue weighted by Crippen LogP contribution is -2.26. The van der Waals surface area contributed by atoms with Gasteiger partial charge < -0.3 is 10.1 Å². The van der Waals surface area contributed by atoms with Crippen molar-refractivity contribution in [2.75, 3.05) is 13.7 Å². The van der Waals surface area contributed by atoms with Crippen LogP contribution in [0.5, 0.6) is 5.75 Å². The molecule has 3 atom stereocenters. The second-order valence-corrected chi connectivity index (χ2v) is 5.93. The van der Waals surface area contributed by atoms with Crippen molar-refractivity contribution < 1.29 is 4.74 Å². The summed E-state index contributed by atoms with van der Waals surface area (Å²) in [6.07, 6.45) is 5.33. The monoisotopic (exact) mass is 261 g/mol. The van der Waals surface area contributed by atoms with Crippen LogP contribution in [-0.2, 0) is 0 Å². The van der Waals surface area contributed by atoms with Crippen molar-refractivity contribution in [3.63, 3.8) is 0 Å². The molecule has 1 aromatic rings. The largest absolute Gasteiger partial charge is 0.497 e. The number of hydrogen-bond donors (Lipinski definition) is 1. The lowest BCUT2D eigenvalue weighted by molar-refractivity contribution is 0.411. The minimum Gasteiger partial charge on any atom is -0.497 e. The van der Waals surface area contributed by atoms with Crippen molar-refractivity contribution in [3.8, 4) is 5.75 Å². The van der Waals surface area contributed by atoms with E-state index in [0.29, 0.717) is 6.04 Å². The minimum atomic E-state index is 0.474. The van der Waals surface area contributed by atoms with Gasteiger partial charge in [0.2, 0.25) is 0 Å². The SMILES string of the molecule is CCC(NCC1CCC(C)C1)c1ccc(OC)cc1. The minimum absolute atomic E-state index is 0.474. The van der Waals surface area contributed by atoms with Gasteiger partial charge in [0.1, 0.15) is 5.75 Å². The highest BCUT2D eigenvalue weighted by Gasteiger charge is 2.21. The third kappa shape index (κ3) is 3.97. The van der Waals surface area contributed by atoms with Gasteiger partial charge >= 0.3 is 0 Å². The maximum atomic E-state index is 5.22. The molecule has 0 spiro atoms. The molecular weight excluding hydrogens is 234 g/mol. The van der Waals surface area contributed by atoms with E-state index in [2.05, 4.69) is 43.4 Å². The van der Waals surface area contributed by atoms with Crippen molar-refractivity contribution in [2.24, 2.45) is 11.8 Å². The fraction of sp³-hybridized carbons (Fsp3) is 0.647. The zero-order valence-electron chi connectivity index (χ0n) is 12.5. The summed E-state index contributed by atoms with van der Waals surface area (Å²) in [6, 6.07) is 8.94. The molecule has 19 heavy (non-hydrogen) atoms. The zero-order valence-corrected chi connectivity index (χ0v) is 12.5. The van der Waals surface area contributed by atoms with Crippen LogP contribution >= 0.6 is 0 Å². The summed E-state index contributed by atoms with van der Waals surface area (Å²) in [7, 11) is 1.71. The predicted molar refractivity (Wildman–Crippen MR) is 80.5 cm³/mol. The van der Waals surface area contributed by atoms with Crippen LogP contribution in [0, 0.1) is 11.8 Å². The van der Waals surface area contributed by atoms with E-state index in [4.69, 9.17) is 4.74 Å². The lowest BCUT2D eigenvalue weighted by atomic mass is 10.0. The molecule has 1 saturated carbocycles. The Morgan fingerprint density at radius 3 is 2.53 bits per heavy atom. The van der Waals surface area contributed by atoms with Gasteiger partial charge in [-0.15, -0.1) is 0 Å². The number of benzene rings is 1. The molecule has 0 heterocycles. The summed E-state index contributed by atoms with van der Waals surface area (Å²) in [4.78, 5) is 0.